The zero-order chi connectivity index (χ0) is 17.1. The van der Waals surface area contributed by atoms with Gasteiger partial charge in [0.25, 0.3) is 0 Å². The smallest absolute Gasteiger partial charge is 0.341 e. The molecule has 0 amide bonds. The van der Waals surface area contributed by atoms with Crippen LogP contribution in [0.2, 0.25) is 5.02 Å². The molecule has 1 aromatic carbocycles. The van der Waals surface area contributed by atoms with E-state index in [1.807, 2.05) is 24.3 Å². The Morgan fingerprint density at radius 2 is 1.96 bits per heavy atom. The predicted molar refractivity (Wildman–Crippen MR) is 99.6 cm³/mol. The number of likely N-dealkylation sites (tertiary alicyclic amines) is 1. The van der Waals surface area contributed by atoms with Gasteiger partial charge in [0.15, 0.2) is 0 Å². The van der Waals surface area contributed by atoms with Crippen molar-refractivity contribution < 1.29 is 9.53 Å². The number of benzene rings is 1. The van der Waals surface area contributed by atoms with E-state index in [2.05, 4.69) is 4.90 Å². The van der Waals surface area contributed by atoms with E-state index in [-0.39, 0.29) is 5.97 Å². The summed E-state index contributed by atoms with van der Waals surface area (Å²) in [7, 11) is 0. The Balaban J connectivity index is 2.05. The summed E-state index contributed by atoms with van der Waals surface area (Å²) in [5.41, 5.74) is 8.51. The number of nitrogens with two attached hydrogens (primary N) is 1. The molecule has 0 unspecified atom stereocenters. The number of hydrogen-bond acceptors (Lipinski definition) is 5. The van der Waals surface area contributed by atoms with E-state index >= 15 is 0 Å². The molecule has 2 aromatic rings. The van der Waals surface area contributed by atoms with Gasteiger partial charge in [-0.2, -0.15) is 0 Å². The maximum Gasteiger partial charge on any atom is 0.341 e. The lowest BCUT2D eigenvalue weighted by molar-refractivity contribution is 0.0529. The van der Waals surface area contributed by atoms with Gasteiger partial charge in [-0.05, 0) is 50.6 Å². The second-order valence-corrected chi connectivity index (χ2v) is 7.42. The first-order chi connectivity index (χ1) is 11.6. The van der Waals surface area contributed by atoms with Gasteiger partial charge in [0.1, 0.15) is 10.6 Å². The van der Waals surface area contributed by atoms with Crippen LogP contribution in [0.25, 0.3) is 11.1 Å². The fraction of sp³-hybridized carbons (Fsp3) is 0.389. The highest BCUT2D eigenvalue weighted by molar-refractivity contribution is 7.17. The van der Waals surface area contributed by atoms with Crippen molar-refractivity contribution in [1.29, 1.82) is 0 Å². The molecule has 0 saturated carbocycles. The number of nitrogens with zero attached hydrogens (tertiary/aromatic N) is 1. The highest BCUT2D eigenvalue weighted by atomic mass is 35.5. The summed E-state index contributed by atoms with van der Waals surface area (Å²) in [5.74, 6) is -0.358. The van der Waals surface area contributed by atoms with Gasteiger partial charge >= 0.3 is 5.97 Å². The van der Waals surface area contributed by atoms with Crippen LogP contribution in [-0.4, -0.2) is 30.6 Å². The fourth-order valence-corrected chi connectivity index (χ4v) is 4.33. The summed E-state index contributed by atoms with van der Waals surface area (Å²) in [4.78, 5) is 16.0. The van der Waals surface area contributed by atoms with Crippen molar-refractivity contribution in [3.8, 4) is 11.1 Å². The molecule has 1 saturated heterocycles. The molecular formula is C18H21ClN2O2S. The van der Waals surface area contributed by atoms with E-state index in [0.717, 1.165) is 35.6 Å². The standard InChI is InChI=1S/C18H21ClN2O2S/c1-2-23-18(22)16-15(12-5-7-13(19)8-6-12)14(24-17(16)20)11-21-9-3-4-10-21/h5-8H,2-4,9-11,20H2,1H3. The van der Waals surface area contributed by atoms with Gasteiger partial charge in [0.2, 0.25) is 0 Å². The largest absolute Gasteiger partial charge is 0.462 e. The van der Waals surface area contributed by atoms with Crippen LogP contribution in [0.1, 0.15) is 35.0 Å². The lowest BCUT2D eigenvalue weighted by atomic mass is 10.0. The number of nitrogen functional groups attached to an aromatic ring is 1. The number of carbonyl (C=O) groups excluding carboxylic acids is 1. The van der Waals surface area contributed by atoms with Crippen LogP contribution in [0.4, 0.5) is 5.00 Å². The number of carbonyl (C=O) groups is 1. The number of esters is 1. The Morgan fingerprint density at radius 1 is 1.29 bits per heavy atom. The van der Waals surface area contributed by atoms with Crippen molar-refractivity contribution in [2.75, 3.05) is 25.4 Å². The summed E-state index contributed by atoms with van der Waals surface area (Å²) in [6, 6.07) is 7.53. The second-order valence-electron chi connectivity index (χ2n) is 5.85. The average Bonchev–Trinajstić information content (AvgIpc) is 3.16. The zero-order valence-corrected chi connectivity index (χ0v) is 15.3. The molecule has 0 aliphatic carbocycles. The van der Waals surface area contributed by atoms with Gasteiger partial charge in [-0.1, -0.05) is 23.7 Å². The zero-order valence-electron chi connectivity index (χ0n) is 13.7. The van der Waals surface area contributed by atoms with Crippen LogP contribution >= 0.6 is 22.9 Å². The molecule has 4 nitrogen and oxygen atoms in total. The van der Waals surface area contributed by atoms with E-state index in [1.165, 1.54) is 24.2 Å². The normalized spacial score (nSPS) is 14.9. The SMILES string of the molecule is CCOC(=O)c1c(N)sc(CN2CCCC2)c1-c1ccc(Cl)cc1. The minimum atomic E-state index is -0.358. The molecule has 1 fully saturated rings. The maximum absolute atomic E-state index is 12.4. The quantitative estimate of drug-likeness (QED) is 0.798. The lowest BCUT2D eigenvalue weighted by Gasteiger charge is -2.15. The molecule has 24 heavy (non-hydrogen) atoms. The third-order valence-electron chi connectivity index (χ3n) is 4.19. The molecule has 2 heterocycles. The van der Waals surface area contributed by atoms with Crippen LogP contribution < -0.4 is 5.73 Å². The molecule has 1 aromatic heterocycles. The lowest BCUT2D eigenvalue weighted by Crippen LogP contribution is -2.18. The average molecular weight is 365 g/mol. The first-order valence-electron chi connectivity index (χ1n) is 8.16. The minimum Gasteiger partial charge on any atom is -0.462 e. The van der Waals surface area contributed by atoms with Crippen LogP contribution in [0.5, 0.6) is 0 Å². The summed E-state index contributed by atoms with van der Waals surface area (Å²) < 4.78 is 5.23. The molecule has 0 spiro atoms. The first kappa shape index (κ1) is 17.3. The van der Waals surface area contributed by atoms with Crippen molar-refractivity contribution in [2.45, 2.75) is 26.3 Å². The summed E-state index contributed by atoms with van der Waals surface area (Å²) in [5, 5.41) is 1.19. The molecular weight excluding hydrogens is 344 g/mol. The van der Waals surface area contributed by atoms with E-state index in [9.17, 15) is 4.79 Å². The molecule has 0 atom stereocenters. The molecule has 1 aliphatic rings. The Hall–Kier alpha value is -1.56. The van der Waals surface area contributed by atoms with Crippen LogP contribution in [0.3, 0.4) is 0 Å². The van der Waals surface area contributed by atoms with Crippen LogP contribution in [0.15, 0.2) is 24.3 Å². The monoisotopic (exact) mass is 364 g/mol. The molecule has 6 heteroatoms. The van der Waals surface area contributed by atoms with Gasteiger partial charge < -0.3 is 10.5 Å². The third-order valence-corrected chi connectivity index (χ3v) is 5.44. The van der Waals surface area contributed by atoms with Crippen molar-refractivity contribution in [3.05, 3.63) is 39.7 Å². The number of hydrogen-bond donors (Lipinski definition) is 1. The van der Waals surface area contributed by atoms with Crippen molar-refractivity contribution in [1.82, 2.24) is 4.90 Å². The minimum absolute atomic E-state index is 0.329. The second kappa shape index (κ2) is 7.55. The highest BCUT2D eigenvalue weighted by Crippen LogP contribution is 2.40. The molecule has 1 aliphatic heterocycles. The summed E-state index contributed by atoms with van der Waals surface area (Å²) in [6.45, 7) is 5.12. The molecule has 2 N–H and O–H groups in total. The Bertz CT molecular complexity index is 721. The molecule has 128 valence electrons. The van der Waals surface area contributed by atoms with Crippen molar-refractivity contribution >= 4 is 33.9 Å². The number of ether oxygens (including phenoxy) is 1. The predicted octanol–water partition coefficient (Wildman–Crippen LogP) is 4.42. The molecule has 3 rings (SSSR count). The number of rotatable bonds is 5. The molecule has 0 radical (unpaired) electrons. The number of halogens is 1. The number of anilines is 1. The fourth-order valence-electron chi connectivity index (χ4n) is 3.08. The summed E-state index contributed by atoms with van der Waals surface area (Å²) in [6.07, 6.45) is 2.45. The first-order valence-corrected chi connectivity index (χ1v) is 9.36. The van der Waals surface area contributed by atoms with Gasteiger partial charge in [-0.25, -0.2) is 4.79 Å². The van der Waals surface area contributed by atoms with Crippen LogP contribution in [-0.2, 0) is 11.3 Å². The Labute approximate surface area is 151 Å². The van der Waals surface area contributed by atoms with Crippen molar-refractivity contribution in [3.63, 3.8) is 0 Å². The van der Waals surface area contributed by atoms with Crippen molar-refractivity contribution in [2.24, 2.45) is 0 Å². The molecule has 0 bridgehead atoms. The topological polar surface area (TPSA) is 55.6 Å². The maximum atomic E-state index is 12.4. The van der Waals surface area contributed by atoms with Gasteiger partial charge in [-0.15, -0.1) is 11.3 Å². The van der Waals surface area contributed by atoms with Gasteiger partial charge in [0.05, 0.1) is 6.61 Å². The Morgan fingerprint density at radius 3 is 2.58 bits per heavy atom. The third kappa shape index (κ3) is 3.58. The van der Waals surface area contributed by atoms with Crippen LogP contribution in [0, 0.1) is 0 Å². The van der Waals surface area contributed by atoms with E-state index < -0.39 is 0 Å². The van der Waals surface area contributed by atoms with Gasteiger partial charge in [0, 0.05) is 22.0 Å². The number of thiophene rings is 1. The van der Waals surface area contributed by atoms with E-state index in [1.54, 1.807) is 6.92 Å². The van der Waals surface area contributed by atoms with Gasteiger partial charge in [-0.3, -0.25) is 4.90 Å². The van der Waals surface area contributed by atoms with E-state index in [0.29, 0.717) is 22.2 Å². The van der Waals surface area contributed by atoms with E-state index in [4.69, 9.17) is 22.1 Å². The summed E-state index contributed by atoms with van der Waals surface area (Å²) >= 11 is 7.50. The highest BCUT2D eigenvalue weighted by Gasteiger charge is 2.26. The Kier molecular flexibility index (Phi) is 5.43.